The monoisotopic (exact) mass is 663 g/mol. The van der Waals surface area contributed by atoms with Crippen LogP contribution in [0.1, 0.15) is 52.7 Å². The fourth-order valence-electron chi connectivity index (χ4n) is 6.75. The molecule has 0 radical (unpaired) electrons. The lowest BCUT2D eigenvalue weighted by molar-refractivity contribution is 0.590. The second-order valence-corrected chi connectivity index (χ2v) is 15.3. The molecule has 3 heterocycles. The zero-order chi connectivity index (χ0) is 35.3. The van der Waals surface area contributed by atoms with Crippen LogP contribution in [0, 0.1) is 0 Å². The molecular weight excluding hydrogens is 623 g/mol. The van der Waals surface area contributed by atoms with Gasteiger partial charge in [0.25, 0.3) is 0 Å². The summed E-state index contributed by atoms with van der Waals surface area (Å²) in [7, 11) is 0. The van der Waals surface area contributed by atoms with Crippen molar-refractivity contribution in [2.75, 3.05) is 0 Å². The smallest absolute Gasteiger partial charge is 0.164 e. The molecule has 0 amide bonds. The average molecular weight is 664 g/mol. The van der Waals surface area contributed by atoms with Gasteiger partial charge in [-0.2, -0.15) is 0 Å². The second-order valence-electron chi connectivity index (χ2n) is 15.3. The first-order valence-electron chi connectivity index (χ1n) is 17.6. The fourth-order valence-corrected chi connectivity index (χ4v) is 6.75. The number of pyridine rings is 1. The van der Waals surface area contributed by atoms with Crippen molar-refractivity contribution in [3.63, 3.8) is 0 Å². The minimum absolute atomic E-state index is 0.00882. The van der Waals surface area contributed by atoms with Gasteiger partial charge in [0.15, 0.2) is 17.5 Å². The topological polar surface area (TPSA) is 56.5 Å². The Bertz CT molecular complexity index is 2390. The molecule has 0 N–H and O–H groups in total. The summed E-state index contributed by atoms with van der Waals surface area (Å²) in [4.78, 5) is 19.9. The van der Waals surface area contributed by atoms with E-state index >= 15 is 0 Å². The molecule has 0 saturated heterocycles. The maximum absolute atomic E-state index is 5.08. The molecule has 0 aliphatic carbocycles. The lowest BCUT2D eigenvalue weighted by Crippen LogP contribution is -2.10. The Morgan fingerprint density at radius 2 is 0.941 bits per heavy atom. The van der Waals surface area contributed by atoms with Crippen LogP contribution in [0.25, 0.3) is 72.9 Å². The molecule has 51 heavy (non-hydrogen) atoms. The minimum Gasteiger partial charge on any atom is -0.309 e. The standard InChI is InChI=1S/C46H41N5/c1-45(2,3)33-21-24-39-36(28-33)37-29-34(46(4,5)6)22-25-40(37)51(39)41-27-32(20-23-35(41)38-19-13-14-26-47-38)44-49-42(30-15-9-7-10-16-30)48-43(50-44)31-17-11-8-12-18-31/h7-29H,1-6H3. The van der Waals surface area contributed by atoms with Gasteiger partial charge in [-0.25, -0.2) is 15.0 Å². The van der Waals surface area contributed by atoms with Crippen LogP contribution in [0.5, 0.6) is 0 Å². The molecular formula is C46H41N5. The molecule has 8 rings (SSSR count). The van der Waals surface area contributed by atoms with E-state index in [1.165, 1.54) is 21.9 Å². The highest BCUT2D eigenvalue weighted by Gasteiger charge is 2.23. The van der Waals surface area contributed by atoms with E-state index in [1.54, 1.807) is 0 Å². The summed E-state index contributed by atoms with van der Waals surface area (Å²) in [6.07, 6.45) is 1.86. The Morgan fingerprint density at radius 3 is 1.41 bits per heavy atom. The molecule has 5 aromatic carbocycles. The van der Waals surface area contributed by atoms with Gasteiger partial charge in [-0.15, -0.1) is 0 Å². The van der Waals surface area contributed by atoms with Gasteiger partial charge >= 0.3 is 0 Å². The Balaban J connectivity index is 1.43. The largest absolute Gasteiger partial charge is 0.309 e. The van der Waals surface area contributed by atoms with Crippen molar-refractivity contribution in [2.24, 2.45) is 0 Å². The maximum atomic E-state index is 5.08. The Morgan fingerprint density at radius 1 is 0.451 bits per heavy atom. The summed E-state index contributed by atoms with van der Waals surface area (Å²) >= 11 is 0. The Kier molecular flexibility index (Phi) is 7.87. The van der Waals surface area contributed by atoms with Gasteiger partial charge in [-0.05, 0) is 70.5 Å². The first-order valence-corrected chi connectivity index (χ1v) is 17.6. The molecule has 250 valence electrons. The van der Waals surface area contributed by atoms with E-state index in [0.717, 1.165) is 44.7 Å². The van der Waals surface area contributed by atoms with Crippen LogP contribution in [-0.2, 0) is 10.8 Å². The normalized spacial score (nSPS) is 12.1. The van der Waals surface area contributed by atoms with Crippen LogP contribution in [-0.4, -0.2) is 24.5 Å². The van der Waals surface area contributed by atoms with Crippen molar-refractivity contribution in [2.45, 2.75) is 52.4 Å². The van der Waals surface area contributed by atoms with Crippen LogP contribution in [0.4, 0.5) is 0 Å². The zero-order valence-electron chi connectivity index (χ0n) is 30.0. The van der Waals surface area contributed by atoms with Crippen molar-refractivity contribution in [1.82, 2.24) is 24.5 Å². The van der Waals surface area contributed by atoms with Crippen LogP contribution < -0.4 is 0 Å². The number of rotatable bonds is 5. The van der Waals surface area contributed by atoms with Crippen LogP contribution in [0.2, 0.25) is 0 Å². The highest BCUT2D eigenvalue weighted by Crippen LogP contribution is 2.40. The average Bonchev–Trinajstić information content (AvgIpc) is 3.48. The van der Waals surface area contributed by atoms with Crippen molar-refractivity contribution >= 4 is 21.8 Å². The third kappa shape index (κ3) is 6.10. The van der Waals surface area contributed by atoms with Crippen molar-refractivity contribution in [3.05, 3.63) is 151 Å². The first-order chi connectivity index (χ1) is 24.5. The van der Waals surface area contributed by atoms with Gasteiger partial charge in [0.2, 0.25) is 0 Å². The molecule has 0 fully saturated rings. The molecule has 5 heteroatoms. The van der Waals surface area contributed by atoms with E-state index in [4.69, 9.17) is 19.9 Å². The first kappa shape index (κ1) is 32.3. The van der Waals surface area contributed by atoms with Gasteiger partial charge in [0.1, 0.15) is 0 Å². The minimum atomic E-state index is 0.00882. The summed E-state index contributed by atoms with van der Waals surface area (Å²) in [6.45, 7) is 13.7. The molecule has 5 nitrogen and oxygen atoms in total. The molecule has 0 saturated carbocycles. The third-order valence-electron chi connectivity index (χ3n) is 9.63. The quantitative estimate of drug-likeness (QED) is 0.184. The Hall–Kier alpha value is -5.94. The van der Waals surface area contributed by atoms with Crippen molar-refractivity contribution in [1.29, 1.82) is 0 Å². The summed E-state index contributed by atoms with van der Waals surface area (Å²) in [5, 5.41) is 2.47. The van der Waals surface area contributed by atoms with E-state index in [2.05, 4.69) is 107 Å². The van der Waals surface area contributed by atoms with Gasteiger partial charge in [0.05, 0.1) is 22.4 Å². The van der Waals surface area contributed by atoms with Crippen molar-refractivity contribution in [3.8, 4) is 51.1 Å². The third-order valence-corrected chi connectivity index (χ3v) is 9.63. The van der Waals surface area contributed by atoms with Gasteiger partial charge < -0.3 is 4.57 Å². The highest BCUT2D eigenvalue weighted by atomic mass is 15.0. The SMILES string of the molecule is CC(C)(C)c1ccc2c(c1)c1cc(C(C)(C)C)ccc1n2-c1cc(-c2nc(-c3ccccc3)nc(-c3ccccc3)n2)ccc1-c1ccccn1. The van der Waals surface area contributed by atoms with E-state index in [1.807, 2.05) is 79.0 Å². The summed E-state index contributed by atoms with van der Waals surface area (Å²) < 4.78 is 2.40. The van der Waals surface area contributed by atoms with Gasteiger partial charge in [-0.1, -0.05) is 126 Å². The van der Waals surface area contributed by atoms with Gasteiger partial charge in [-0.3, -0.25) is 4.98 Å². The summed E-state index contributed by atoms with van der Waals surface area (Å²) in [5.74, 6) is 1.88. The van der Waals surface area contributed by atoms with E-state index < -0.39 is 0 Å². The lowest BCUT2D eigenvalue weighted by atomic mass is 9.85. The molecule has 0 spiro atoms. The zero-order valence-corrected chi connectivity index (χ0v) is 30.0. The fraction of sp³-hybridized carbons (Fsp3) is 0.174. The van der Waals surface area contributed by atoms with Gasteiger partial charge in [0, 0.05) is 39.2 Å². The number of hydrogen-bond acceptors (Lipinski definition) is 4. The van der Waals surface area contributed by atoms with Crippen LogP contribution >= 0.6 is 0 Å². The molecule has 0 bridgehead atoms. The summed E-state index contributed by atoms with van der Waals surface area (Å²) in [6, 6.07) is 46.7. The number of nitrogens with zero attached hydrogens (tertiary/aromatic N) is 5. The molecule has 0 unspecified atom stereocenters. The second kappa shape index (κ2) is 12.4. The van der Waals surface area contributed by atoms with E-state index in [0.29, 0.717) is 17.5 Å². The molecule has 3 aromatic heterocycles. The van der Waals surface area contributed by atoms with Crippen LogP contribution in [0.15, 0.2) is 140 Å². The van der Waals surface area contributed by atoms with Crippen molar-refractivity contribution < 1.29 is 0 Å². The van der Waals surface area contributed by atoms with E-state index in [9.17, 15) is 0 Å². The molecule has 0 aliphatic heterocycles. The Labute approximate surface area is 299 Å². The summed E-state index contributed by atoms with van der Waals surface area (Å²) in [5.41, 5.74) is 10.6. The number of hydrogen-bond donors (Lipinski definition) is 0. The number of benzene rings is 5. The number of aromatic nitrogens is 5. The number of fused-ring (bicyclic) bond motifs is 3. The predicted octanol–water partition coefficient (Wildman–Crippen LogP) is 11.6. The van der Waals surface area contributed by atoms with Crippen LogP contribution in [0.3, 0.4) is 0 Å². The van der Waals surface area contributed by atoms with E-state index in [-0.39, 0.29) is 10.8 Å². The highest BCUT2D eigenvalue weighted by molar-refractivity contribution is 6.10. The molecule has 0 aliphatic rings. The molecule has 8 aromatic rings. The lowest BCUT2D eigenvalue weighted by Gasteiger charge is -2.19. The maximum Gasteiger partial charge on any atom is 0.164 e. The predicted molar refractivity (Wildman–Crippen MR) is 211 cm³/mol. The molecule has 0 atom stereocenters.